The molecule has 3 aromatic heterocycles. The number of fused-ring (bicyclic) bond motifs is 1. The predicted octanol–water partition coefficient (Wildman–Crippen LogP) is 4.20. The predicted molar refractivity (Wildman–Crippen MR) is 127 cm³/mol. The molecule has 34 heavy (non-hydrogen) atoms. The Bertz CT molecular complexity index is 1360. The average molecular weight is 466 g/mol. The summed E-state index contributed by atoms with van der Waals surface area (Å²) in [5, 5.41) is 10.2. The van der Waals surface area contributed by atoms with Crippen molar-refractivity contribution in [3.05, 3.63) is 53.9 Å². The van der Waals surface area contributed by atoms with E-state index in [1.807, 2.05) is 0 Å². The molecule has 11 heteroatoms. The van der Waals surface area contributed by atoms with E-state index >= 15 is 4.39 Å². The van der Waals surface area contributed by atoms with Crippen molar-refractivity contribution in [2.75, 3.05) is 43.4 Å². The fraction of sp³-hybridized carbons (Fsp3) is 0.261. The van der Waals surface area contributed by atoms with E-state index in [1.54, 1.807) is 31.2 Å². The molecule has 0 bridgehead atoms. The number of anilines is 3. The Kier molecular flexibility index (Phi) is 5.62. The first-order valence-electron chi connectivity index (χ1n) is 10.8. The number of hydrogen-bond donors (Lipinski definition) is 3. The number of rotatable bonds is 6. The zero-order valence-electron chi connectivity index (χ0n) is 18.8. The molecule has 0 aliphatic carbocycles. The summed E-state index contributed by atoms with van der Waals surface area (Å²) in [6.45, 7) is 8.68. The highest BCUT2D eigenvalue weighted by Crippen LogP contribution is 2.34. The van der Waals surface area contributed by atoms with Gasteiger partial charge in [0.2, 0.25) is 17.6 Å². The van der Waals surface area contributed by atoms with Crippen LogP contribution in [0.15, 0.2) is 30.8 Å². The van der Waals surface area contributed by atoms with Crippen LogP contribution >= 0.6 is 0 Å². The van der Waals surface area contributed by atoms with E-state index in [0.717, 1.165) is 26.2 Å². The number of piperazine rings is 1. The molecule has 176 valence electrons. The molecule has 4 aromatic rings. The maximum absolute atomic E-state index is 15.1. The second-order valence-corrected chi connectivity index (χ2v) is 8.23. The van der Waals surface area contributed by atoms with Crippen LogP contribution in [0.3, 0.4) is 0 Å². The first-order chi connectivity index (χ1) is 16.4. The van der Waals surface area contributed by atoms with Crippen molar-refractivity contribution in [2.24, 2.45) is 0 Å². The van der Waals surface area contributed by atoms with Crippen molar-refractivity contribution in [2.45, 2.75) is 6.92 Å². The molecule has 1 aliphatic heterocycles. The minimum absolute atomic E-state index is 0.00955. The SMILES string of the molecule is C=Cc1cc(Nc2nc(Oc3c(F)cc4[nH]c(C)cc4c3F)cc(N3CCN(C)CC3)n2)n[nH]1. The third-order valence-electron chi connectivity index (χ3n) is 5.69. The Balaban J connectivity index is 1.52. The minimum Gasteiger partial charge on any atom is -0.433 e. The number of likely N-dealkylation sites (N-methyl/N-ethyl adjacent to an activating group) is 1. The quantitative estimate of drug-likeness (QED) is 0.392. The van der Waals surface area contributed by atoms with Gasteiger partial charge in [0, 0.05) is 55.5 Å². The van der Waals surface area contributed by atoms with Crippen LogP contribution in [0.5, 0.6) is 11.6 Å². The molecule has 1 aliphatic rings. The van der Waals surface area contributed by atoms with Gasteiger partial charge in [0.25, 0.3) is 0 Å². The minimum atomic E-state index is -0.830. The first kappa shape index (κ1) is 21.8. The van der Waals surface area contributed by atoms with Gasteiger partial charge >= 0.3 is 0 Å². The van der Waals surface area contributed by atoms with E-state index in [-0.39, 0.29) is 17.2 Å². The van der Waals surface area contributed by atoms with Crippen molar-refractivity contribution in [3.63, 3.8) is 0 Å². The van der Waals surface area contributed by atoms with E-state index < -0.39 is 17.4 Å². The third kappa shape index (κ3) is 4.29. The van der Waals surface area contributed by atoms with E-state index in [9.17, 15) is 4.39 Å². The molecular formula is C23H24F2N8O. The average Bonchev–Trinajstić information content (AvgIpc) is 3.42. The van der Waals surface area contributed by atoms with Gasteiger partial charge in [-0.2, -0.15) is 15.1 Å². The van der Waals surface area contributed by atoms with Crippen LogP contribution in [0.1, 0.15) is 11.4 Å². The normalized spacial score (nSPS) is 14.5. The second kappa shape index (κ2) is 8.75. The van der Waals surface area contributed by atoms with Gasteiger partial charge in [0.15, 0.2) is 17.5 Å². The maximum atomic E-state index is 15.1. The van der Waals surface area contributed by atoms with Crippen LogP contribution in [0.25, 0.3) is 17.0 Å². The molecule has 9 nitrogen and oxygen atoms in total. The lowest BCUT2D eigenvalue weighted by Crippen LogP contribution is -2.44. The number of aromatic nitrogens is 5. The highest BCUT2D eigenvalue weighted by atomic mass is 19.1. The molecule has 4 heterocycles. The van der Waals surface area contributed by atoms with Gasteiger partial charge in [0.1, 0.15) is 5.82 Å². The highest BCUT2D eigenvalue weighted by Gasteiger charge is 2.21. The zero-order valence-corrected chi connectivity index (χ0v) is 18.8. The second-order valence-electron chi connectivity index (χ2n) is 8.23. The lowest BCUT2D eigenvalue weighted by atomic mass is 10.2. The number of hydrogen-bond acceptors (Lipinski definition) is 7. The number of H-pyrrole nitrogens is 2. The number of aryl methyl sites for hydroxylation is 1. The van der Waals surface area contributed by atoms with Crippen molar-refractivity contribution in [1.29, 1.82) is 0 Å². The van der Waals surface area contributed by atoms with E-state index in [2.05, 4.69) is 53.9 Å². The standard InChI is InChI=1S/C23H24F2N8O/c1-4-14-10-18(31-30-14)27-23-28-19(33-7-5-32(3)6-8-33)12-20(29-23)34-22-16(24)11-17-15(21(22)25)9-13(2)26-17/h4,9-12,26H,1,5-8H2,2-3H3,(H2,27,28,29,30,31). The summed E-state index contributed by atoms with van der Waals surface area (Å²) in [4.78, 5) is 16.1. The fourth-order valence-electron chi connectivity index (χ4n) is 3.86. The van der Waals surface area contributed by atoms with Crippen LogP contribution in [0.4, 0.5) is 26.4 Å². The number of nitrogens with zero attached hydrogens (tertiary/aromatic N) is 5. The van der Waals surface area contributed by atoms with E-state index in [4.69, 9.17) is 4.74 Å². The van der Waals surface area contributed by atoms with Gasteiger partial charge in [-0.3, -0.25) is 5.10 Å². The molecule has 0 amide bonds. The monoisotopic (exact) mass is 466 g/mol. The molecule has 5 rings (SSSR count). The maximum Gasteiger partial charge on any atom is 0.233 e. The van der Waals surface area contributed by atoms with Crippen LogP contribution in [-0.2, 0) is 0 Å². The molecule has 0 unspecified atom stereocenters. The Morgan fingerprint density at radius 3 is 2.65 bits per heavy atom. The summed E-state index contributed by atoms with van der Waals surface area (Å²) in [6.07, 6.45) is 1.62. The summed E-state index contributed by atoms with van der Waals surface area (Å²) >= 11 is 0. The molecular weight excluding hydrogens is 442 g/mol. The fourth-order valence-corrected chi connectivity index (χ4v) is 3.86. The Morgan fingerprint density at radius 2 is 1.91 bits per heavy atom. The van der Waals surface area contributed by atoms with Gasteiger partial charge in [-0.05, 0) is 26.1 Å². The summed E-state index contributed by atoms with van der Waals surface area (Å²) < 4.78 is 35.6. The number of aromatic amines is 2. The first-order valence-corrected chi connectivity index (χ1v) is 10.8. The Morgan fingerprint density at radius 1 is 1.12 bits per heavy atom. The number of halogens is 2. The lowest BCUT2D eigenvalue weighted by molar-refractivity contribution is 0.312. The van der Waals surface area contributed by atoms with E-state index in [0.29, 0.717) is 28.5 Å². The lowest BCUT2D eigenvalue weighted by Gasteiger charge is -2.33. The Hall–Kier alpha value is -3.99. The molecule has 1 saturated heterocycles. The number of nitrogens with one attached hydrogen (secondary N) is 3. The molecule has 0 saturated carbocycles. The van der Waals surface area contributed by atoms with Gasteiger partial charge in [-0.15, -0.1) is 0 Å². The van der Waals surface area contributed by atoms with Crippen molar-refractivity contribution in [1.82, 2.24) is 30.0 Å². The van der Waals surface area contributed by atoms with Crippen molar-refractivity contribution in [3.8, 4) is 11.6 Å². The summed E-state index contributed by atoms with van der Waals surface area (Å²) in [7, 11) is 2.05. The smallest absolute Gasteiger partial charge is 0.233 e. The molecule has 1 aromatic carbocycles. The largest absolute Gasteiger partial charge is 0.433 e. The van der Waals surface area contributed by atoms with Crippen molar-refractivity contribution < 1.29 is 13.5 Å². The van der Waals surface area contributed by atoms with Gasteiger partial charge < -0.3 is 24.8 Å². The third-order valence-corrected chi connectivity index (χ3v) is 5.69. The van der Waals surface area contributed by atoms with Gasteiger partial charge in [-0.1, -0.05) is 6.58 Å². The van der Waals surface area contributed by atoms with Crippen LogP contribution < -0.4 is 15.0 Å². The molecule has 1 fully saturated rings. The van der Waals surface area contributed by atoms with Crippen molar-refractivity contribution >= 4 is 34.6 Å². The van der Waals surface area contributed by atoms with Crippen LogP contribution in [0.2, 0.25) is 0 Å². The topological polar surface area (TPSA) is 98.0 Å². The summed E-state index contributed by atoms with van der Waals surface area (Å²) in [5.41, 5.74) is 1.79. The molecule has 0 atom stereocenters. The van der Waals surface area contributed by atoms with Crippen LogP contribution in [-0.4, -0.2) is 63.3 Å². The molecule has 0 spiro atoms. The van der Waals surface area contributed by atoms with Gasteiger partial charge in [-0.25, -0.2) is 8.78 Å². The molecule has 3 N–H and O–H groups in total. The zero-order chi connectivity index (χ0) is 23.8. The van der Waals surface area contributed by atoms with E-state index in [1.165, 1.54) is 6.07 Å². The Labute approximate surface area is 194 Å². The van der Waals surface area contributed by atoms with Gasteiger partial charge in [0.05, 0.1) is 11.2 Å². The highest BCUT2D eigenvalue weighted by molar-refractivity contribution is 5.83. The van der Waals surface area contributed by atoms with Crippen LogP contribution in [0, 0.1) is 18.6 Å². The number of benzene rings is 1. The summed E-state index contributed by atoms with van der Waals surface area (Å²) in [5.74, 6) is -0.893. The molecule has 0 radical (unpaired) electrons. The number of ether oxygens (including phenoxy) is 1. The summed E-state index contributed by atoms with van der Waals surface area (Å²) in [6, 6.07) is 6.14.